The third kappa shape index (κ3) is 5.15. The number of nitrogens with one attached hydrogen (secondary N) is 1. The van der Waals surface area contributed by atoms with Gasteiger partial charge in [0, 0.05) is 32.6 Å². The maximum absolute atomic E-state index is 12.8. The van der Waals surface area contributed by atoms with Crippen LogP contribution in [0.2, 0.25) is 0 Å². The van der Waals surface area contributed by atoms with Gasteiger partial charge in [0.2, 0.25) is 11.7 Å². The van der Waals surface area contributed by atoms with E-state index in [4.69, 9.17) is 18.7 Å². The van der Waals surface area contributed by atoms with Gasteiger partial charge in [-0.2, -0.15) is 4.98 Å². The summed E-state index contributed by atoms with van der Waals surface area (Å²) in [5, 5.41) is 6.53. The van der Waals surface area contributed by atoms with Gasteiger partial charge in [-0.3, -0.25) is 9.59 Å². The summed E-state index contributed by atoms with van der Waals surface area (Å²) in [5.41, 5.74) is 0.960. The van der Waals surface area contributed by atoms with E-state index < -0.39 is 5.91 Å². The van der Waals surface area contributed by atoms with E-state index in [1.54, 1.807) is 51.4 Å². The molecule has 0 saturated carbocycles. The lowest BCUT2D eigenvalue weighted by Gasteiger charge is -2.18. The van der Waals surface area contributed by atoms with Crippen molar-refractivity contribution in [3.8, 4) is 17.2 Å². The van der Waals surface area contributed by atoms with E-state index in [1.807, 2.05) is 0 Å². The van der Waals surface area contributed by atoms with Gasteiger partial charge in [-0.05, 0) is 30.3 Å². The molecule has 2 amide bonds. The molecule has 0 fully saturated rings. The van der Waals surface area contributed by atoms with E-state index in [1.165, 1.54) is 25.2 Å². The van der Waals surface area contributed by atoms with E-state index in [0.717, 1.165) is 0 Å². The molecule has 0 aliphatic rings. The Kier molecular flexibility index (Phi) is 6.93. The number of hydrogen-bond donors (Lipinski definition) is 1. The third-order valence-electron chi connectivity index (χ3n) is 4.46. The molecule has 3 aromatic rings. The Bertz CT molecular complexity index is 1110. The number of hydrogen-bond acceptors (Lipinski definition) is 8. The van der Waals surface area contributed by atoms with Gasteiger partial charge in [0.1, 0.15) is 5.75 Å². The minimum atomic E-state index is -0.398. The Hall–Kier alpha value is -4.08. The monoisotopic (exact) mass is 440 g/mol. The maximum Gasteiger partial charge on any atom is 0.255 e. The van der Waals surface area contributed by atoms with Crippen LogP contribution >= 0.6 is 0 Å². The zero-order valence-corrected chi connectivity index (χ0v) is 18.5. The lowest BCUT2D eigenvalue weighted by atomic mass is 10.1. The quantitative estimate of drug-likeness (QED) is 0.568. The molecule has 3 rings (SSSR count). The van der Waals surface area contributed by atoms with Gasteiger partial charge in [-0.25, -0.2) is 0 Å². The van der Waals surface area contributed by atoms with Crippen LogP contribution in [0.15, 0.2) is 40.9 Å². The molecule has 0 saturated heterocycles. The lowest BCUT2D eigenvalue weighted by Crippen LogP contribution is -2.24. The molecule has 168 valence electrons. The highest BCUT2D eigenvalue weighted by atomic mass is 16.5. The molecule has 0 spiro atoms. The van der Waals surface area contributed by atoms with Gasteiger partial charge >= 0.3 is 0 Å². The average molecular weight is 440 g/mol. The number of carbonyl (C=O) groups excluding carboxylic acids is 2. The summed E-state index contributed by atoms with van der Waals surface area (Å²) in [5.74, 6) is 1.51. The number of aryl methyl sites for hydroxylation is 1. The molecule has 2 aromatic carbocycles. The summed E-state index contributed by atoms with van der Waals surface area (Å²) in [6.45, 7) is 1.84. The Balaban J connectivity index is 1.77. The number of amides is 2. The Morgan fingerprint density at radius 1 is 1.06 bits per heavy atom. The molecule has 0 bridgehead atoms. The number of aromatic nitrogens is 2. The number of ether oxygens (including phenoxy) is 3. The van der Waals surface area contributed by atoms with Crippen LogP contribution in [0.4, 0.5) is 5.69 Å². The molecule has 10 nitrogen and oxygen atoms in total. The van der Waals surface area contributed by atoms with Gasteiger partial charge in [0.05, 0.1) is 25.5 Å². The van der Waals surface area contributed by atoms with Crippen molar-refractivity contribution in [3.63, 3.8) is 0 Å². The highest BCUT2D eigenvalue weighted by molar-refractivity contribution is 6.09. The highest BCUT2D eigenvalue weighted by Crippen LogP contribution is 2.34. The molecule has 1 aromatic heterocycles. The van der Waals surface area contributed by atoms with E-state index in [9.17, 15) is 9.59 Å². The zero-order valence-electron chi connectivity index (χ0n) is 18.5. The van der Waals surface area contributed by atoms with Crippen molar-refractivity contribution in [2.24, 2.45) is 0 Å². The van der Waals surface area contributed by atoms with Crippen LogP contribution in [-0.2, 0) is 6.61 Å². The fourth-order valence-corrected chi connectivity index (χ4v) is 2.85. The van der Waals surface area contributed by atoms with Crippen LogP contribution in [0.5, 0.6) is 17.2 Å². The van der Waals surface area contributed by atoms with Gasteiger partial charge < -0.3 is 29.0 Å². The van der Waals surface area contributed by atoms with Crippen molar-refractivity contribution in [2.75, 3.05) is 33.6 Å². The predicted octanol–water partition coefficient (Wildman–Crippen LogP) is 2.93. The molecule has 1 N–H and O–H groups in total. The first kappa shape index (κ1) is 22.6. The van der Waals surface area contributed by atoms with Gasteiger partial charge in [-0.15, -0.1) is 0 Å². The Morgan fingerprint density at radius 2 is 1.72 bits per heavy atom. The first-order valence-corrected chi connectivity index (χ1v) is 9.63. The molecule has 0 unspecified atom stereocenters. The number of rotatable bonds is 8. The standard InChI is InChI=1S/C22H24N4O6/c1-13-23-20(25-32-13)12-31-15-8-6-14(7-9-15)21(27)24-17-11-19(30-5)18(29-4)10-16(17)22(28)26(2)3/h6-11H,12H2,1-5H3,(H,24,27). The molecule has 0 atom stereocenters. The number of nitrogens with zero attached hydrogens (tertiary/aromatic N) is 3. The van der Waals surface area contributed by atoms with Crippen molar-refractivity contribution < 1.29 is 28.3 Å². The van der Waals surface area contributed by atoms with Crippen molar-refractivity contribution in [1.29, 1.82) is 0 Å². The molecule has 10 heteroatoms. The van der Waals surface area contributed by atoms with Crippen LogP contribution in [0.1, 0.15) is 32.4 Å². The smallest absolute Gasteiger partial charge is 0.255 e. The minimum absolute atomic E-state index is 0.143. The summed E-state index contributed by atoms with van der Waals surface area (Å²) in [4.78, 5) is 30.9. The molecular weight excluding hydrogens is 416 g/mol. The largest absolute Gasteiger partial charge is 0.493 e. The number of methoxy groups -OCH3 is 2. The maximum atomic E-state index is 12.8. The second-order valence-corrected chi connectivity index (χ2v) is 6.95. The van der Waals surface area contributed by atoms with Crippen LogP contribution in [0.25, 0.3) is 0 Å². The van der Waals surface area contributed by atoms with Crippen molar-refractivity contribution >= 4 is 17.5 Å². The molecule has 0 aliphatic carbocycles. The minimum Gasteiger partial charge on any atom is -0.493 e. The first-order chi connectivity index (χ1) is 15.3. The van der Waals surface area contributed by atoms with Crippen LogP contribution < -0.4 is 19.5 Å². The Labute approximate surface area is 185 Å². The molecular formula is C22H24N4O6. The molecule has 1 heterocycles. The first-order valence-electron chi connectivity index (χ1n) is 9.63. The van der Waals surface area contributed by atoms with Crippen molar-refractivity contribution in [3.05, 3.63) is 59.2 Å². The van der Waals surface area contributed by atoms with Gasteiger partial charge in [0.25, 0.3) is 11.8 Å². The molecule has 32 heavy (non-hydrogen) atoms. The van der Waals surface area contributed by atoms with Crippen molar-refractivity contribution in [1.82, 2.24) is 15.0 Å². The summed E-state index contributed by atoms with van der Waals surface area (Å²) < 4.78 is 21.1. The van der Waals surface area contributed by atoms with Gasteiger partial charge in [0.15, 0.2) is 18.1 Å². The topological polar surface area (TPSA) is 116 Å². The van der Waals surface area contributed by atoms with E-state index in [0.29, 0.717) is 40.2 Å². The van der Waals surface area contributed by atoms with Crippen LogP contribution in [-0.4, -0.2) is 55.2 Å². The highest BCUT2D eigenvalue weighted by Gasteiger charge is 2.20. The Morgan fingerprint density at radius 3 is 2.28 bits per heavy atom. The summed E-state index contributed by atoms with van der Waals surface area (Å²) in [7, 11) is 6.20. The third-order valence-corrected chi connectivity index (χ3v) is 4.46. The summed E-state index contributed by atoms with van der Waals surface area (Å²) >= 11 is 0. The van der Waals surface area contributed by atoms with Crippen LogP contribution in [0, 0.1) is 6.92 Å². The molecule has 0 aliphatic heterocycles. The van der Waals surface area contributed by atoms with Crippen LogP contribution in [0.3, 0.4) is 0 Å². The SMILES string of the molecule is COc1cc(NC(=O)c2ccc(OCc3noc(C)n3)cc2)c(C(=O)N(C)C)cc1OC. The fourth-order valence-electron chi connectivity index (χ4n) is 2.85. The summed E-state index contributed by atoms with van der Waals surface area (Å²) in [6.07, 6.45) is 0. The average Bonchev–Trinajstić information content (AvgIpc) is 3.22. The van der Waals surface area contributed by atoms with E-state index in [-0.39, 0.29) is 18.1 Å². The number of carbonyl (C=O) groups is 2. The van der Waals surface area contributed by atoms with Crippen molar-refractivity contribution in [2.45, 2.75) is 13.5 Å². The summed E-state index contributed by atoms with van der Waals surface area (Å²) in [6, 6.07) is 9.62. The second-order valence-electron chi connectivity index (χ2n) is 6.95. The fraction of sp³-hybridized carbons (Fsp3) is 0.273. The normalized spacial score (nSPS) is 10.4. The number of anilines is 1. The predicted molar refractivity (Wildman–Crippen MR) is 115 cm³/mol. The molecule has 0 radical (unpaired) electrons. The number of benzene rings is 2. The second kappa shape index (κ2) is 9.82. The van der Waals surface area contributed by atoms with Gasteiger partial charge in [-0.1, -0.05) is 5.16 Å². The zero-order chi connectivity index (χ0) is 23.3. The van der Waals surface area contributed by atoms with E-state index >= 15 is 0 Å². The lowest BCUT2D eigenvalue weighted by molar-refractivity contribution is 0.0828. The van der Waals surface area contributed by atoms with E-state index in [2.05, 4.69) is 15.5 Å².